The number of carbonyl (C=O) groups excluding carboxylic acids is 2. The Morgan fingerprint density at radius 1 is 1.24 bits per heavy atom. The van der Waals surface area contributed by atoms with Gasteiger partial charge in [0, 0.05) is 24.6 Å². The molecule has 4 rings (SSSR count). The van der Waals surface area contributed by atoms with Crippen LogP contribution in [-0.2, 0) is 11.3 Å². The zero-order valence-electron chi connectivity index (χ0n) is 18.3. The molecule has 3 aromatic rings. The number of hydrogen-bond donors (Lipinski definition) is 3. The molecule has 2 aromatic carbocycles. The zero-order chi connectivity index (χ0) is 23.5. The summed E-state index contributed by atoms with van der Waals surface area (Å²) in [5, 5.41) is 7.38. The summed E-state index contributed by atoms with van der Waals surface area (Å²) in [6.45, 7) is 3.21. The summed E-state index contributed by atoms with van der Waals surface area (Å²) in [6.07, 6.45) is 1.78. The minimum Gasteiger partial charge on any atom is -0.395 e. The molecule has 1 aliphatic heterocycles. The average Bonchev–Trinajstić information content (AvgIpc) is 3.17. The highest BCUT2D eigenvalue weighted by atomic mass is 19.1. The monoisotopic (exact) mass is 467 g/mol. The molecule has 1 aliphatic rings. The van der Waals surface area contributed by atoms with Crippen molar-refractivity contribution in [1.82, 2.24) is 15.1 Å². The second kappa shape index (κ2) is 10.5. The quantitative estimate of drug-likeness (QED) is 0.512. The first kappa shape index (κ1) is 24.9. The Morgan fingerprint density at radius 3 is 2.62 bits per heavy atom. The molecule has 180 valence electrons. The predicted molar refractivity (Wildman–Crippen MR) is 128 cm³/mol. The topological polar surface area (TPSA) is 125 Å². The number of nitrogens with one attached hydrogen (secondary N) is 1. The molecule has 2 heterocycles. The van der Waals surface area contributed by atoms with Crippen LogP contribution in [0.3, 0.4) is 0 Å². The first-order valence-corrected chi connectivity index (χ1v) is 10.7. The van der Waals surface area contributed by atoms with Gasteiger partial charge in [-0.25, -0.2) is 9.07 Å². The van der Waals surface area contributed by atoms with E-state index >= 15 is 0 Å². The van der Waals surface area contributed by atoms with Crippen molar-refractivity contribution in [3.8, 4) is 5.69 Å². The number of ether oxygens (including phenoxy) is 1. The van der Waals surface area contributed by atoms with Crippen LogP contribution in [0.25, 0.3) is 5.69 Å². The summed E-state index contributed by atoms with van der Waals surface area (Å²) in [5.41, 5.74) is 15.3. The van der Waals surface area contributed by atoms with Crippen molar-refractivity contribution in [2.45, 2.75) is 39.7 Å². The zero-order valence-corrected chi connectivity index (χ0v) is 18.3. The van der Waals surface area contributed by atoms with E-state index in [-0.39, 0.29) is 37.2 Å². The number of amides is 2. The maximum atomic E-state index is 13.5. The number of anilines is 1. The normalized spacial score (nSPS) is 15.4. The Labute approximate surface area is 198 Å². The van der Waals surface area contributed by atoms with Gasteiger partial charge in [-0.15, -0.1) is 0 Å². The lowest BCUT2D eigenvalue weighted by atomic mass is 9.97. The number of aryl methyl sites for hydroxylation is 1. The van der Waals surface area contributed by atoms with Crippen LogP contribution in [0.2, 0.25) is 0 Å². The number of halogens is 1. The van der Waals surface area contributed by atoms with Crippen molar-refractivity contribution in [3.05, 3.63) is 76.4 Å². The molecule has 0 bridgehead atoms. The third kappa shape index (κ3) is 5.09. The molecular formula is C25H30FN5O3. The fourth-order valence-electron chi connectivity index (χ4n) is 4.00. The van der Waals surface area contributed by atoms with Crippen molar-refractivity contribution >= 4 is 17.5 Å². The molecule has 1 aromatic heterocycles. The fraction of sp³-hybridized carbons (Fsp3) is 0.320. The number of primary amides is 1. The summed E-state index contributed by atoms with van der Waals surface area (Å²) < 4.78 is 20.5. The minimum atomic E-state index is -0.662. The Balaban J connectivity index is 0.00000324. The summed E-state index contributed by atoms with van der Waals surface area (Å²) in [5.74, 6) is -1.46. The van der Waals surface area contributed by atoms with Gasteiger partial charge in [0.05, 0.1) is 23.7 Å². The number of aromatic nitrogens is 2. The van der Waals surface area contributed by atoms with E-state index in [9.17, 15) is 14.0 Å². The van der Waals surface area contributed by atoms with Crippen molar-refractivity contribution < 1.29 is 18.7 Å². The third-order valence-electron chi connectivity index (χ3n) is 5.81. The van der Waals surface area contributed by atoms with Gasteiger partial charge >= 0.3 is 0 Å². The van der Waals surface area contributed by atoms with Gasteiger partial charge in [-0.2, -0.15) is 5.10 Å². The number of rotatable bonds is 6. The lowest BCUT2D eigenvalue weighted by Gasteiger charge is -2.20. The number of hydrogen-bond acceptors (Lipinski definition) is 5. The number of carbonyl (C=O) groups is 2. The highest BCUT2D eigenvalue weighted by Gasteiger charge is 2.27. The first-order chi connectivity index (χ1) is 15.8. The van der Waals surface area contributed by atoms with E-state index in [1.807, 2.05) is 0 Å². The maximum Gasteiger partial charge on any atom is 0.269 e. The van der Waals surface area contributed by atoms with Crippen molar-refractivity contribution in [1.29, 1.82) is 0 Å². The van der Waals surface area contributed by atoms with Gasteiger partial charge in [-0.3, -0.25) is 9.59 Å². The molecule has 34 heavy (non-hydrogen) atoms. The van der Waals surface area contributed by atoms with Gasteiger partial charge in [0.2, 0.25) is 0 Å². The highest BCUT2D eigenvalue weighted by Crippen LogP contribution is 2.32. The summed E-state index contributed by atoms with van der Waals surface area (Å²) in [6, 6.07) is 11.3. The van der Waals surface area contributed by atoms with Crippen LogP contribution in [0.4, 0.5) is 10.1 Å². The lowest BCUT2D eigenvalue weighted by molar-refractivity contribution is 0.0794. The summed E-state index contributed by atoms with van der Waals surface area (Å²) >= 11 is 0. The molecule has 8 nitrogen and oxygen atoms in total. The lowest BCUT2D eigenvalue weighted by Crippen LogP contribution is -2.23. The molecule has 0 saturated carbocycles. The molecule has 0 spiro atoms. The van der Waals surface area contributed by atoms with Gasteiger partial charge in [0.15, 0.2) is 5.69 Å². The third-order valence-corrected chi connectivity index (χ3v) is 5.81. The molecule has 0 radical (unpaired) electrons. The van der Waals surface area contributed by atoms with Gasteiger partial charge < -0.3 is 21.5 Å². The molecule has 1 saturated heterocycles. The second-order valence-electron chi connectivity index (χ2n) is 8.15. The van der Waals surface area contributed by atoms with Crippen LogP contribution < -0.4 is 16.8 Å². The molecule has 0 aliphatic carbocycles. The first-order valence-electron chi connectivity index (χ1n) is 10.7. The largest absolute Gasteiger partial charge is 0.395 e. The molecule has 1 fully saturated rings. The van der Waals surface area contributed by atoms with E-state index in [0.717, 1.165) is 18.4 Å². The Kier molecular flexibility index (Phi) is 7.68. The highest BCUT2D eigenvalue weighted by molar-refractivity contribution is 5.97. The van der Waals surface area contributed by atoms with Crippen LogP contribution in [-0.4, -0.2) is 34.8 Å². The van der Waals surface area contributed by atoms with Crippen molar-refractivity contribution in [2.24, 2.45) is 5.73 Å². The van der Waals surface area contributed by atoms with E-state index in [0.29, 0.717) is 35.7 Å². The molecule has 1 unspecified atom stereocenters. The van der Waals surface area contributed by atoms with Crippen molar-refractivity contribution in [3.63, 3.8) is 0 Å². The second-order valence-corrected chi connectivity index (χ2v) is 8.15. The number of nitrogens with two attached hydrogens (primary N) is 2. The van der Waals surface area contributed by atoms with E-state index in [2.05, 4.69) is 10.4 Å². The van der Waals surface area contributed by atoms with E-state index in [4.69, 9.17) is 16.2 Å². The van der Waals surface area contributed by atoms with Crippen LogP contribution >= 0.6 is 0 Å². The predicted octanol–water partition coefficient (Wildman–Crippen LogP) is 3.46. The molecular weight excluding hydrogens is 437 g/mol. The van der Waals surface area contributed by atoms with E-state index in [1.54, 1.807) is 37.3 Å². The Bertz CT molecular complexity index is 1180. The molecule has 5 N–H and O–H groups in total. The van der Waals surface area contributed by atoms with Crippen LogP contribution in [0, 0.1) is 12.7 Å². The van der Waals surface area contributed by atoms with Gasteiger partial charge in [-0.1, -0.05) is 25.6 Å². The molecule has 9 heteroatoms. The summed E-state index contributed by atoms with van der Waals surface area (Å²) in [7, 11) is 0. The van der Waals surface area contributed by atoms with E-state index in [1.165, 1.54) is 16.8 Å². The van der Waals surface area contributed by atoms with Crippen LogP contribution in [0.5, 0.6) is 0 Å². The van der Waals surface area contributed by atoms with Gasteiger partial charge in [-0.05, 0) is 55.2 Å². The Hall–Kier alpha value is -3.72. The van der Waals surface area contributed by atoms with Gasteiger partial charge in [0.25, 0.3) is 11.8 Å². The minimum absolute atomic E-state index is 0. The Morgan fingerprint density at radius 2 is 1.97 bits per heavy atom. The van der Waals surface area contributed by atoms with Crippen LogP contribution in [0.15, 0.2) is 42.5 Å². The smallest absolute Gasteiger partial charge is 0.269 e. The molecule has 1 atom stereocenters. The SMILES string of the molecule is C.Cc1ccc(F)cc1C(=O)NCc1ccc(-n2nc(C3CCCOC3)c(N)c2C(N)=O)cc1. The van der Waals surface area contributed by atoms with Gasteiger partial charge in [0.1, 0.15) is 5.82 Å². The molecule has 2 amide bonds. The van der Waals surface area contributed by atoms with E-state index < -0.39 is 11.7 Å². The fourth-order valence-corrected chi connectivity index (χ4v) is 4.00. The standard InChI is InChI=1S/C24H26FN5O3.CH4/c1-14-4-7-17(25)11-19(14)24(32)28-12-15-5-8-18(9-6-15)30-22(23(27)31)20(26)21(29-30)16-3-2-10-33-13-16;/h4-9,11,16H,2-3,10,12-13,26H2,1H3,(H2,27,31)(H,28,32);1H4. The van der Waals surface area contributed by atoms with Crippen molar-refractivity contribution in [2.75, 3.05) is 18.9 Å². The summed E-state index contributed by atoms with van der Waals surface area (Å²) in [4.78, 5) is 24.5. The van der Waals surface area contributed by atoms with Crippen LogP contribution in [0.1, 0.15) is 63.9 Å². The number of benzene rings is 2. The maximum absolute atomic E-state index is 13.5. The number of nitrogens with zero attached hydrogens (tertiary/aromatic N) is 2. The number of nitrogen functional groups attached to an aromatic ring is 1. The average molecular weight is 468 g/mol.